The van der Waals surface area contributed by atoms with Crippen LogP contribution in [0.25, 0.3) is 0 Å². The maximum absolute atomic E-state index is 13.6. The first-order chi connectivity index (χ1) is 19.5. The minimum atomic E-state index is -5.17. The zero-order valence-electron chi connectivity index (χ0n) is 26.0. The third-order valence-electron chi connectivity index (χ3n) is 5.23. The first-order valence-electron chi connectivity index (χ1n) is 13.7. The van der Waals surface area contributed by atoms with Gasteiger partial charge < -0.3 is 13.3 Å². The molecule has 6 nitrogen and oxygen atoms in total. The molecule has 3 aromatic carbocycles. The van der Waals surface area contributed by atoms with Gasteiger partial charge in [-0.1, -0.05) is 18.2 Å². The van der Waals surface area contributed by atoms with Crippen molar-refractivity contribution in [1.82, 2.24) is 0 Å². The minimum Gasteiger partial charge on any atom is -0.544 e. The second-order valence-corrected chi connectivity index (χ2v) is 30.8. The molecule has 3 rings (SSSR count). The molecule has 0 saturated carbocycles. The highest BCUT2D eigenvalue weighted by Crippen LogP contribution is 2.71. The van der Waals surface area contributed by atoms with Gasteiger partial charge in [0.1, 0.15) is 17.2 Å². The number of benzene rings is 3. The van der Waals surface area contributed by atoms with Crippen LogP contribution in [0, 0.1) is 0 Å². The van der Waals surface area contributed by atoms with Crippen molar-refractivity contribution >= 4 is 45.4 Å². The van der Waals surface area contributed by atoms with Crippen molar-refractivity contribution in [2.24, 2.45) is 0 Å². The van der Waals surface area contributed by atoms with E-state index in [4.69, 9.17) is 16.9 Å². The summed E-state index contributed by atoms with van der Waals surface area (Å²) in [6, 6.07) is 20.3. The Morgan fingerprint density at radius 1 is 0.581 bits per heavy atom. The van der Waals surface area contributed by atoms with Gasteiger partial charge in [-0.05, 0) is 124 Å². The van der Waals surface area contributed by atoms with E-state index in [1.165, 1.54) is 0 Å². The van der Waals surface area contributed by atoms with Crippen LogP contribution >= 0.6 is 10.3 Å². The number of rotatable bonds is 12. The van der Waals surface area contributed by atoms with Crippen LogP contribution < -0.4 is 13.3 Å². The monoisotopic (exact) mass is 690 g/mol. The van der Waals surface area contributed by atoms with Crippen LogP contribution in [-0.4, -0.2) is 45.3 Å². The Kier molecular flexibility index (Phi) is 10.4. The molecule has 238 valence electrons. The van der Waals surface area contributed by atoms with Crippen LogP contribution in [0.4, 0.5) is 13.2 Å². The lowest BCUT2D eigenvalue weighted by Crippen LogP contribution is -2.30. The van der Waals surface area contributed by atoms with E-state index in [1.54, 1.807) is 72.8 Å². The van der Waals surface area contributed by atoms with Crippen LogP contribution in [0.3, 0.4) is 0 Å². The summed E-state index contributed by atoms with van der Waals surface area (Å²) in [6.07, 6.45) is -5.02. The highest BCUT2D eigenvalue weighted by atomic mass is 32.3. The molecule has 14 heteroatoms. The second kappa shape index (κ2) is 12.6. The molecule has 0 bridgehead atoms. The van der Waals surface area contributed by atoms with Crippen molar-refractivity contribution in [3.05, 3.63) is 72.8 Å². The van der Waals surface area contributed by atoms with Crippen molar-refractivity contribution in [3.8, 4) is 17.2 Å². The van der Waals surface area contributed by atoms with Gasteiger partial charge in [0.15, 0.2) is 5.75 Å². The summed E-state index contributed by atoms with van der Waals surface area (Å²) in [6.45, 7) is 18.0. The van der Waals surface area contributed by atoms with Crippen molar-refractivity contribution in [2.45, 2.75) is 79.8 Å². The van der Waals surface area contributed by atoms with E-state index in [1.807, 2.05) is 58.9 Å². The van der Waals surface area contributed by atoms with E-state index < -0.39 is 57.3 Å². The number of halogens is 3. The first-order valence-corrected chi connectivity index (χ1v) is 27.0. The zero-order chi connectivity index (χ0) is 32.5. The molecule has 0 fully saturated rings. The zero-order valence-corrected chi connectivity index (χ0v) is 30.7. The Labute approximate surface area is 258 Å². The summed E-state index contributed by atoms with van der Waals surface area (Å²) < 4.78 is 92.0. The van der Waals surface area contributed by atoms with Crippen LogP contribution in [0.2, 0.25) is 58.9 Å². The van der Waals surface area contributed by atoms with Crippen LogP contribution in [-0.2, 0) is 13.7 Å². The number of hydrogen-bond donors (Lipinski definition) is 0. The number of hydrogen-bond acceptors (Lipinski definition) is 6. The molecule has 3 aromatic rings. The van der Waals surface area contributed by atoms with Gasteiger partial charge >= 0.3 is 6.18 Å². The van der Waals surface area contributed by atoms with Crippen molar-refractivity contribution in [2.75, 3.05) is 5.75 Å². The highest BCUT2D eigenvalue weighted by Gasteiger charge is 2.44. The summed E-state index contributed by atoms with van der Waals surface area (Å²) in [5.74, 6) is -0.742. The predicted molar refractivity (Wildman–Crippen MR) is 175 cm³/mol. The Morgan fingerprint density at radius 3 is 1.14 bits per heavy atom. The largest absolute Gasteiger partial charge is 0.544 e. The van der Waals surface area contributed by atoms with Crippen LogP contribution in [0.5, 0.6) is 17.2 Å². The van der Waals surface area contributed by atoms with Crippen molar-refractivity contribution < 1.29 is 38.5 Å². The summed E-state index contributed by atoms with van der Waals surface area (Å²) in [5.41, 5.74) is 0. The average Bonchev–Trinajstić information content (AvgIpc) is 2.78. The molecule has 0 aliphatic rings. The maximum atomic E-state index is 13.6. The first kappa shape index (κ1) is 35.2. The van der Waals surface area contributed by atoms with Gasteiger partial charge in [-0.2, -0.15) is 21.6 Å². The average molecular weight is 691 g/mol. The fourth-order valence-corrected chi connectivity index (χ4v) is 11.9. The van der Waals surface area contributed by atoms with E-state index >= 15 is 0 Å². The standard InChI is InChI=1S/C29H41F3O6S2Si3/c1-41(2,3)35-23-13-10-16-26(19-23)40(38-39(33,34)22-29(30,31)32,27-17-11-14-24(20-27)36-42(4,5)6)28-18-12-15-25(21-28)37-43(7,8)9/h10-21H,22H2,1-9H3. The third kappa shape index (κ3) is 10.7. The van der Waals surface area contributed by atoms with Crippen molar-refractivity contribution in [1.29, 1.82) is 0 Å². The van der Waals surface area contributed by atoms with Crippen molar-refractivity contribution in [3.63, 3.8) is 0 Å². The van der Waals surface area contributed by atoms with Crippen LogP contribution in [0.1, 0.15) is 0 Å². The van der Waals surface area contributed by atoms with Gasteiger partial charge in [0.05, 0.1) is 0 Å². The summed E-state index contributed by atoms with van der Waals surface area (Å²) in [5, 5.41) is 0. The lowest BCUT2D eigenvalue weighted by Gasteiger charge is -2.40. The lowest BCUT2D eigenvalue weighted by molar-refractivity contribution is -0.107. The Bertz CT molecular complexity index is 1390. The van der Waals surface area contributed by atoms with E-state index in [-0.39, 0.29) is 0 Å². The molecule has 0 amide bonds. The minimum absolute atomic E-state index is 0.351. The molecule has 0 unspecified atom stereocenters. The van der Waals surface area contributed by atoms with Crippen LogP contribution in [0.15, 0.2) is 87.5 Å². The van der Waals surface area contributed by atoms with E-state index in [2.05, 4.69) is 0 Å². The molecular weight excluding hydrogens is 650 g/mol. The summed E-state index contributed by atoms with van der Waals surface area (Å²) in [7, 11) is -14.9. The highest BCUT2D eigenvalue weighted by molar-refractivity contribution is 8.33. The molecule has 0 N–H and O–H groups in total. The van der Waals surface area contributed by atoms with Gasteiger partial charge in [0.25, 0.3) is 10.1 Å². The molecule has 0 saturated heterocycles. The topological polar surface area (TPSA) is 71.1 Å². The fourth-order valence-electron chi connectivity index (χ4n) is 4.12. The SMILES string of the molecule is C[Si](C)(C)Oc1cccc(S(OS(=O)(=O)CC(F)(F)F)(c2cccc(O[Si](C)(C)C)c2)c2cccc(O[Si](C)(C)C)c2)c1. The van der Waals surface area contributed by atoms with Gasteiger partial charge in [-0.25, -0.2) is 3.63 Å². The van der Waals surface area contributed by atoms with Gasteiger partial charge in [0, 0.05) is 14.7 Å². The summed E-state index contributed by atoms with van der Waals surface area (Å²) in [4.78, 5) is 1.05. The molecule has 0 aliphatic carbocycles. The molecule has 0 spiro atoms. The molecule has 0 heterocycles. The van der Waals surface area contributed by atoms with Gasteiger partial charge in [-0.15, -0.1) is 0 Å². The lowest BCUT2D eigenvalue weighted by atomic mass is 10.3. The predicted octanol–water partition coefficient (Wildman–Crippen LogP) is 9.43. The quantitative estimate of drug-likeness (QED) is 0.176. The Hall–Kier alpha value is -2.24. The Morgan fingerprint density at radius 2 is 0.884 bits per heavy atom. The summed E-state index contributed by atoms with van der Waals surface area (Å²) >= 11 is 0. The molecule has 0 atom stereocenters. The van der Waals surface area contributed by atoms with E-state index in [0.29, 0.717) is 31.9 Å². The molecular formula is C29H41F3O6S2Si3. The Balaban J connectivity index is 2.45. The van der Waals surface area contributed by atoms with Gasteiger partial charge in [-0.3, -0.25) is 0 Å². The van der Waals surface area contributed by atoms with E-state index in [9.17, 15) is 21.6 Å². The number of alkyl halides is 3. The molecule has 43 heavy (non-hydrogen) atoms. The maximum Gasteiger partial charge on any atom is 0.405 e. The smallest absolute Gasteiger partial charge is 0.405 e. The molecule has 0 aromatic heterocycles. The molecule has 0 radical (unpaired) electrons. The fraction of sp³-hybridized carbons (Fsp3) is 0.379. The second-order valence-electron chi connectivity index (χ2n) is 13.0. The van der Waals surface area contributed by atoms with Gasteiger partial charge in [0.2, 0.25) is 25.0 Å². The third-order valence-corrected chi connectivity index (χ3v) is 12.9. The molecule has 0 aliphatic heterocycles. The normalized spacial score (nSPS) is 13.9. The van der Waals surface area contributed by atoms with E-state index in [0.717, 1.165) is 0 Å².